The molecule has 1 aliphatic heterocycles. The molecule has 0 atom stereocenters. The fraction of sp³-hybridized carbons (Fsp3) is 0.130. The average molecular weight is 429 g/mol. The lowest BCUT2D eigenvalue weighted by Gasteiger charge is -2.12. The van der Waals surface area contributed by atoms with Crippen molar-refractivity contribution < 1.29 is 4.74 Å². The van der Waals surface area contributed by atoms with Gasteiger partial charge in [0.2, 0.25) is 0 Å². The predicted octanol–water partition coefficient (Wildman–Crippen LogP) is 5.57. The summed E-state index contributed by atoms with van der Waals surface area (Å²) >= 11 is 6.60. The number of aromatic amines is 1. The van der Waals surface area contributed by atoms with Crippen LogP contribution in [0.4, 0.5) is 11.5 Å². The van der Waals surface area contributed by atoms with Crippen LogP contribution >= 0.6 is 11.6 Å². The van der Waals surface area contributed by atoms with Crippen molar-refractivity contribution in [3.63, 3.8) is 0 Å². The zero-order valence-corrected chi connectivity index (χ0v) is 17.5. The van der Waals surface area contributed by atoms with Gasteiger partial charge < -0.3 is 15.0 Å². The first-order chi connectivity index (χ1) is 15.0. The number of benzene rings is 1. The van der Waals surface area contributed by atoms with Crippen LogP contribution in [0.3, 0.4) is 0 Å². The molecule has 152 valence electrons. The third-order valence-electron chi connectivity index (χ3n) is 4.90. The third-order valence-corrected chi connectivity index (χ3v) is 5.20. The molecule has 0 bridgehead atoms. The summed E-state index contributed by atoms with van der Waals surface area (Å²) in [7, 11) is 0. The number of nitrogens with zero attached hydrogens (tertiary/aromatic N) is 4. The van der Waals surface area contributed by atoms with Gasteiger partial charge in [-0.2, -0.15) is 5.26 Å². The molecule has 7 nitrogen and oxygen atoms in total. The summed E-state index contributed by atoms with van der Waals surface area (Å²) < 4.78 is 5.73. The number of nitriles is 1. The van der Waals surface area contributed by atoms with Gasteiger partial charge in [0.15, 0.2) is 0 Å². The first kappa shape index (κ1) is 19.1. The van der Waals surface area contributed by atoms with E-state index in [4.69, 9.17) is 21.3 Å². The van der Waals surface area contributed by atoms with E-state index in [1.54, 1.807) is 30.7 Å². The van der Waals surface area contributed by atoms with E-state index in [2.05, 4.69) is 26.3 Å². The molecule has 31 heavy (non-hydrogen) atoms. The Morgan fingerprint density at radius 1 is 1.16 bits per heavy atom. The van der Waals surface area contributed by atoms with Crippen LogP contribution in [0.2, 0.25) is 5.02 Å². The number of nitrogens with one attached hydrogen (secondary N) is 2. The molecule has 0 unspecified atom stereocenters. The smallest absolute Gasteiger partial charge is 0.141 e. The second kappa shape index (κ2) is 7.42. The van der Waals surface area contributed by atoms with E-state index >= 15 is 0 Å². The van der Waals surface area contributed by atoms with Crippen LogP contribution in [0, 0.1) is 11.3 Å². The van der Waals surface area contributed by atoms with Crippen molar-refractivity contribution >= 4 is 23.1 Å². The quantitative estimate of drug-likeness (QED) is 0.389. The van der Waals surface area contributed by atoms with Crippen molar-refractivity contribution in [1.82, 2.24) is 19.9 Å². The van der Waals surface area contributed by atoms with E-state index in [9.17, 15) is 5.26 Å². The normalized spacial score (nSPS) is 11.6. The van der Waals surface area contributed by atoms with Gasteiger partial charge in [-0.25, -0.2) is 9.97 Å². The summed E-state index contributed by atoms with van der Waals surface area (Å²) in [6.07, 6.45) is 5.16. The van der Waals surface area contributed by atoms with Gasteiger partial charge in [-0.3, -0.25) is 4.98 Å². The molecular weight excluding hydrogens is 412 g/mol. The molecule has 2 N–H and O–H groups in total. The summed E-state index contributed by atoms with van der Waals surface area (Å²) in [6, 6.07) is 11.3. The van der Waals surface area contributed by atoms with Crippen molar-refractivity contribution in [3.8, 4) is 45.7 Å². The van der Waals surface area contributed by atoms with Crippen molar-refractivity contribution in [3.05, 3.63) is 59.5 Å². The van der Waals surface area contributed by atoms with Gasteiger partial charge >= 0.3 is 0 Å². The van der Waals surface area contributed by atoms with Crippen molar-refractivity contribution in [1.29, 1.82) is 5.26 Å². The first-order valence-corrected chi connectivity index (χ1v) is 10.1. The fourth-order valence-electron chi connectivity index (χ4n) is 3.67. The first-order valence-electron chi connectivity index (χ1n) is 9.72. The summed E-state index contributed by atoms with van der Waals surface area (Å²) in [5.41, 5.74) is 4.98. The molecular formula is C23H17ClN6O. The Labute approximate surface area is 183 Å². The van der Waals surface area contributed by atoms with Gasteiger partial charge in [-0.05, 0) is 44.2 Å². The van der Waals surface area contributed by atoms with Crippen molar-refractivity contribution in [2.75, 3.05) is 5.32 Å². The molecule has 8 heteroatoms. The molecule has 3 aromatic heterocycles. The van der Waals surface area contributed by atoms with Crippen molar-refractivity contribution in [2.24, 2.45) is 0 Å². The zero-order chi connectivity index (χ0) is 21.5. The molecule has 5 rings (SSSR count). The van der Waals surface area contributed by atoms with Gasteiger partial charge in [0.05, 0.1) is 39.8 Å². The SMILES string of the molecule is CC(C)Oc1cc(Cl)c(-c2nc3c([nH]2)-c2ccncc2Nc2ncccc2-3)c(C#N)c1. The maximum atomic E-state index is 9.79. The number of hydrogen-bond acceptors (Lipinski definition) is 6. The van der Waals surface area contributed by atoms with E-state index < -0.39 is 0 Å². The van der Waals surface area contributed by atoms with Crippen LogP contribution in [0.1, 0.15) is 19.4 Å². The van der Waals surface area contributed by atoms with Crippen LogP contribution in [0.15, 0.2) is 48.9 Å². The van der Waals surface area contributed by atoms with Crippen molar-refractivity contribution in [2.45, 2.75) is 20.0 Å². The lowest BCUT2D eigenvalue weighted by Crippen LogP contribution is -2.06. The lowest BCUT2D eigenvalue weighted by molar-refractivity contribution is 0.242. The summed E-state index contributed by atoms with van der Waals surface area (Å²) in [4.78, 5) is 16.9. The molecule has 1 aromatic carbocycles. The molecule has 0 aliphatic carbocycles. The maximum Gasteiger partial charge on any atom is 0.141 e. The van der Waals surface area contributed by atoms with Crippen LogP contribution in [-0.2, 0) is 0 Å². The van der Waals surface area contributed by atoms with Gasteiger partial charge in [0.1, 0.15) is 29.2 Å². The minimum atomic E-state index is -0.0326. The maximum absolute atomic E-state index is 9.79. The molecule has 0 saturated heterocycles. The Morgan fingerprint density at radius 2 is 2.03 bits per heavy atom. The largest absolute Gasteiger partial charge is 0.491 e. The van der Waals surface area contributed by atoms with Gasteiger partial charge in [0, 0.05) is 23.5 Å². The van der Waals surface area contributed by atoms with E-state index in [1.165, 1.54) is 0 Å². The minimum Gasteiger partial charge on any atom is -0.491 e. The third kappa shape index (κ3) is 3.27. The molecule has 4 heterocycles. The number of aromatic nitrogens is 4. The summed E-state index contributed by atoms with van der Waals surface area (Å²) in [5, 5.41) is 13.5. The molecule has 0 fully saturated rings. The van der Waals surface area contributed by atoms with E-state index in [0.29, 0.717) is 33.5 Å². The van der Waals surface area contributed by atoms with E-state index in [0.717, 1.165) is 28.2 Å². The molecule has 4 aromatic rings. The fourth-order valence-corrected chi connectivity index (χ4v) is 3.97. The van der Waals surface area contributed by atoms with E-state index in [1.807, 2.05) is 32.0 Å². The Bertz CT molecular complexity index is 1290. The minimum absolute atomic E-state index is 0.0326. The van der Waals surface area contributed by atoms with Crippen LogP contribution in [-0.4, -0.2) is 26.0 Å². The highest BCUT2D eigenvalue weighted by molar-refractivity contribution is 6.33. The topological polar surface area (TPSA) is 99.5 Å². The number of imidazole rings is 1. The van der Waals surface area contributed by atoms with Crippen LogP contribution in [0.5, 0.6) is 5.75 Å². The molecule has 1 aliphatic rings. The number of pyridine rings is 2. The van der Waals surface area contributed by atoms with Crippen LogP contribution < -0.4 is 10.1 Å². The summed E-state index contributed by atoms with van der Waals surface area (Å²) in [5.74, 6) is 1.73. The number of hydrogen-bond donors (Lipinski definition) is 2. The Morgan fingerprint density at radius 3 is 2.84 bits per heavy atom. The number of halogens is 1. The second-order valence-corrected chi connectivity index (χ2v) is 7.77. The predicted molar refractivity (Wildman–Crippen MR) is 119 cm³/mol. The zero-order valence-electron chi connectivity index (χ0n) is 16.8. The Balaban J connectivity index is 1.74. The average Bonchev–Trinajstić information content (AvgIpc) is 3.12. The lowest BCUT2D eigenvalue weighted by atomic mass is 10.1. The highest BCUT2D eigenvalue weighted by Gasteiger charge is 2.26. The second-order valence-electron chi connectivity index (χ2n) is 7.36. The van der Waals surface area contributed by atoms with E-state index in [-0.39, 0.29) is 6.10 Å². The Kier molecular flexibility index (Phi) is 4.57. The number of rotatable bonds is 3. The highest BCUT2D eigenvalue weighted by atomic mass is 35.5. The number of H-pyrrole nitrogens is 1. The monoisotopic (exact) mass is 428 g/mol. The highest BCUT2D eigenvalue weighted by Crippen LogP contribution is 2.44. The Hall–Kier alpha value is -3.89. The molecule has 0 spiro atoms. The van der Waals surface area contributed by atoms with Gasteiger partial charge in [0.25, 0.3) is 0 Å². The number of ether oxygens (including phenoxy) is 1. The van der Waals surface area contributed by atoms with Gasteiger partial charge in [-0.15, -0.1) is 0 Å². The molecule has 0 saturated carbocycles. The molecule has 0 radical (unpaired) electrons. The van der Waals surface area contributed by atoms with Gasteiger partial charge in [-0.1, -0.05) is 11.6 Å². The molecule has 0 amide bonds. The summed E-state index contributed by atoms with van der Waals surface area (Å²) in [6.45, 7) is 3.84. The number of anilines is 2. The standard InChI is InChI=1S/C23H17ClN6O/c1-12(2)31-14-8-13(10-25)19(17(24)9-14)23-29-20-15-5-7-26-11-18(15)28-22-16(21(20)30-23)4-3-6-27-22/h3-9,11-12H,1-2H3,(H,27,28)(H,29,30). The van der Waals surface area contributed by atoms with Crippen LogP contribution in [0.25, 0.3) is 33.9 Å². The number of fused-ring (bicyclic) bond motifs is 5.